The van der Waals surface area contributed by atoms with Crippen LogP contribution in [0.15, 0.2) is 33.1 Å². The zero-order valence-corrected chi connectivity index (χ0v) is 14.3. The minimum Gasteiger partial charge on any atom is -0.360 e. The van der Waals surface area contributed by atoms with Gasteiger partial charge in [0.05, 0.1) is 20.4 Å². The Bertz CT molecular complexity index is 921. The number of anilines is 1. The molecule has 2 heterocycles. The van der Waals surface area contributed by atoms with Gasteiger partial charge in [0.2, 0.25) is 5.91 Å². The van der Waals surface area contributed by atoms with E-state index in [4.69, 9.17) is 4.52 Å². The minimum atomic E-state index is -0.443. The number of benzene rings is 1. The van der Waals surface area contributed by atoms with E-state index in [1.807, 2.05) is 0 Å². The van der Waals surface area contributed by atoms with Crippen LogP contribution in [0.2, 0.25) is 0 Å². The molecular weight excluding hydrogens is 352 g/mol. The normalized spacial score (nSPS) is 12.2. The smallest absolute Gasteiger partial charge is 0.270 e. The fourth-order valence-electron chi connectivity index (χ4n) is 1.91. The van der Waals surface area contributed by atoms with Crippen molar-refractivity contribution >= 4 is 50.7 Å². The van der Waals surface area contributed by atoms with E-state index in [0.717, 1.165) is 0 Å². The Morgan fingerprint density at radius 1 is 1.46 bits per heavy atom. The van der Waals surface area contributed by atoms with Gasteiger partial charge in [-0.1, -0.05) is 16.9 Å². The van der Waals surface area contributed by atoms with Gasteiger partial charge in [0.15, 0.2) is 10.2 Å². The number of aryl methyl sites for hydroxylation is 1. The van der Waals surface area contributed by atoms with Crippen LogP contribution in [0.25, 0.3) is 10.2 Å². The minimum absolute atomic E-state index is 0.0230. The molecule has 3 aromatic rings. The van der Waals surface area contributed by atoms with Crippen molar-refractivity contribution in [3.63, 3.8) is 0 Å². The summed E-state index contributed by atoms with van der Waals surface area (Å²) in [4.78, 5) is 26.9. The van der Waals surface area contributed by atoms with Crippen LogP contribution in [-0.4, -0.2) is 26.2 Å². The van der Waals surface area contributed by atoms with E-state index < -0.39 is 10.2 Å². The molecule has 0 bridgehead atoms. The molecule has 0 aliphatic carbocycles. The molecule has 0 saturated heterocycles. The summed E-state index contributed by atoms with van der Waals surface area (Å²) in [6, 6.07) is 6.14. The van der Waals surface area contributed by atoms with Gasteiger partial charge in [0, 0.05) is 18.2 Å². The van der Waals surface area contributed by atoms with Crippen molar-refractivity contribution < 1.29 is 14.2 Å². The number of nitrogens with one attached hydrogen (secondary N) is 1. The fraction of sp³-hybridized carbons (Fsp3) is 0.214. The molecule has 1 amide bonds. The lowest BCUT2D eigenvalue weighted by atomic mass is 10.3. The summed E-state index contributed by atoms with van der Waals surface area (Å²) in [5.41, 5.74) is 0.697. The van der Waals surface area contributed by atoms with Gasteiger partial charge in [-0.05, 0) is 19.9 Å². The second-order valence-corrected chi connectivity index (χ2v) is 7.58. The monoisotopic (exact) mass is 364 g/mol. The van der Waals surface area contributed by atoms with Gasteiger partial charge in [-0.3, -0.25) is 14.9 Å². The van der Waals surface area contributed by atoms with Crippen molar-refractivity contribution in [2.45, 2.75) is 23.4 Å². The molecule has 2 aromatic heterocycles. The zero-order chi connectivity index (χ0) is 17.3. The van der Waals surface area contributed by atoms with Crippen LogP contribution >= 0.6 is 23.1 Å². The number of rotatable bonds is 5. The van der Waals surface area contributed by atoms with Gasteiger partial charge in [-0.25, -0.2) is 4.98 Å². The SMILES string of the molecule is Cc1cc(NC(=O)C(C)Sc2nc3ccc([N+](=O)[O-])cc3s2)no1. The van der Waals surface area contributed by atoms with Crippen molar-refractivity contribution in [2.24, 2.45) is 0 Å². The molecular formula is C14H12N4O4S2. The lowest BCUT2D eigenvalue weighted by Gasteiger charge is -2.07. The molecule has 10 heteroatoms. The van der Waals surface area contributed by atoms with Crippen LogP contribution in [0.1, 0.15) is 12.7 Å². The molecule has 1 unspecified atom stereocenters. The van der Waals surface area contributed by atoms with Crippen LogP contribution in [-0.2, 0) is 4.79 Å². The number of nitrogens with zero attached hydrogens (tertiary/aromatic N) is 3. The molecule has 24 heavy (non-hydrogen) atoms. The van der Waals surface area contributed by atoms with Gasteiger partial charge in [0.1, 0.15) is 5.76 Å². The van der Waals surface area contributed by atoms with Gasteiger partial charge >= 0.3 is 0 Å². The third-order valence-electron chi connectivity index (χ3n) is 3.09. The zero-order valence-electron chi connectivity index (χ0n) is 12.7. The summed E-state index contributed by atoms with van der Waals surface area (Å²) >= 11 is 2.60. The number of nitro benzene ring substituents is 1. The van der Waals surface area contributed by atoms with Crippen molar-refractivity contribution in [1.29, 1.82) is 0 Å². The second kappa shape index (κ2) is 6.57. The molecule has 0 radical (unpaired) electrons. The van der Waals surface area contributed by atoms with Crippen LogP contribution in [0, 0.1) is 17.0 Å². The lowest BCUT2D eigenvalue weighted by molar-refractivity contribution is -0.384. The summed E-state index contributed by atoms with van der Waals surface area (Å²) in [5, 5.41) is 16.8. The highest BCUT2D eigenvalue weighted by atomic mass is 32.2. The summed E-state index contributed by atoms with van der Waals surface area (Å²) in [6.45, 7) is 3.49. The van der Waals surface area contributed by atoms with Crippen LogP contribution in [0.5, 0.6) is 0 Å². The van der Waals surface area contributed by atoms with E-state index in [1.165, 1.54) is 35.2 Å². The number of carbonyl (C=O) groups excluding carboxylic acids is 1. The number of amides is 1. The standard InChI is InChI=1S/C14H12N4O4S2/c1-7-5-12(17-22-7)16-13(19)8(2)23-14-15-10-4-3-9(18(20)21)6-11(10)24-14/h3-6,8H,1-2H3,(H,16,17,19). The Hall–Kier alpha value is -2.46. The van der Waals surface area contributed by atoms with Crippen molar-refractivity contribution in [3.8, 4) is 0 Å². The summed E-state index contributed by atoms with van der Waals surface area (Å²) < 4.78 is 6.28. The Kier molecular flexibility index (Phi) is 4.49. The predicted molar refractivity (Wildman–Crippen MR) is 91.5 cm³/mol. The highest BCUT2D eigenvalue weighted by Gasteiger charge is 2.19. The molecule has 3 rings (SSSR count). The van der Waals surface area contributed by atoms with E-state index in [9.17, 15) is 14.9 Å². The second-order valence-electron chi connectivity index (χ2n) is 4.96. The predicted octanol–water partition coefficient (Wildman–Crippen LogP) is 3.62. The molecule has 8 nitrogen and oxygen atoms in total. The number of aromatic nitrogens is 2. The van der Waals surface area contributed by atoms with E-state index in [2.05, 4.69) is 15.5 Å². The van der Waals surface area contributed by atoms with Gasteiger partial charge in [-0.2, -0.15) is 0 Å². The summed E-state index contributed by atoms with van der Waals surface area (Å²) in [5.74, 6) is 0.752. The Morgan fingerprint density at radius 2 is 2.25 bits per heavy atom. The Morgan fingerprint density at radius 3 is 2.92 bits per heavy atom. The molecule has 0 aliphatic heterocycles. The third kappa shape index (κ3) is 3.54. The number of nitro groups is 1. The third-order valence-corrected chi connectivity index (χ3v) is 5.30. The molecule has 0 spiro atoms. The molecule has 1 N–H and O–H groups in total. The van der Waals surface area contributed by atoms with Crippen molar-refractivity contribution in [2.75, 3.05) is 5.32 Å². The van der Waals surface area contributed by atoms with E-state index in [-0.39, 0.29) is 11.6 Å². The first-order chi connectivity index (χ1) is 11.4. The van der Waals surface area contributed by atoms with Crippen molar-refractivity contribution in [3.05, 3.63) is 40.1 Å². The largest absolute Gasteiger partial charge is 0.360 e. The molecule has 124 valence electrons. The quantitative estimate of drug-likeness (QED) is 0.418. The van der Waals surface area contributed by atoms with Crippen LogP contribution in [0.3, 0.4) is 0 Å². The van der Waals surface area contributed by atoms with E-state index in [0.29, 0.717) is 26.1 Å². The number of carbonyl (C=O) groups is 1. The number of hydrogen-bond donors (Lipinski definition) is 1. The van der Waals surface area contributed by atoms with E-state index in [1.54, 1.807) is 26.0 Å². The van der Waals surface area contributed by atoms with Gasteiger partial charge in [0.25, 0.3) is 5.69 Å². The number of fused-ring (bicyclic) bond motifs is 1. The Labute approximate surface area is 144 Å². The van der Waals surface area contributed by atoms with E-state index >= 15 is 0 Å². The first-order valence-corrected chi connectivity index (χ1v) is 8.58. The molecule has 1 atom stereocenters. The maximum absolute atomic E-state index is 12.2. The topological polar surface area (TPSA) is 111 Å². The summed E-state index contributed by atoms with van der Waals surface area (Å²) in [6.07, 6.45) is 0. The average molecular weight is 364 g/mol. The number of thioether (sulfide) groups is 1. The maximum Gasteiger partial charge on any atom is 0.270 e. The number of non-ortho nitro benzene ring substituents is 1. The summed E-state index contributed by atoms with van der Waals surface area (Å²) in [7, 11) is 0. The first kappa shape index (κ1) is 16.4. The first-order valence-electron chi connectivity index (χ1n) is 6.88. The fourth-order valence-corrected chi connectivity index (χ4v) is 4.16. The average Bonchev–Trinajstić information content (AvgIpc) is 3.11. The van der Waals surface area contributed by atoms with Crippen LogP contribution in [0.4, 0.5) is 11.5 Å². The highest BCUT2D eigenvalue weighted by Crippen LogP contribution is 2.34. The maximum atomic E-state index is 12.2. The molecule has 1 aromatic carbocycles. The van der Waals surface area contributed by atoms with Gasteiger partial charge in [-0.15, -0.1) is 11.3 Å². The molecule has 0 fully saturated rings. The Balaban J connectivity index is 1.71. The number of thiazole rings is 1. The lowest BCUT2D eigenvalue weighted by Crippen LogP contribution is -2.22. The molecule has 0 aliphatic rings. The highest BCUT2D eigenvalue weighted by molar-refractivity contribution is 8.02. The van der Waals surface area contributed by atoms with Crippen molar-refractivity contribution in [1.82, 2.24) is 10.1 Å². The van der Waals surface area contributed by atoms with Gasteiger partial charge < -0.3 is 9.84 Å². The molecule has 0 saturated carbocycles. The van der Waals surface area contributed by atoms with Crippen LogP contribution < -0.4 is 5.32 Å². The number of hydrogen-bond acceptors (Lipinski definition) is 8.